The number of aryl methyl sites for hydroxylation is 1. The minimum absolute atomic E-state index is 0.447. The molecule has 1 heterocycles. The van der Waals surface area contributed by atoms with Gasteiger partial charge in [-0.3, -0.25) is 9.78 Å². The summed E-state index contributed by atoms with van der Waals surface area (Å²) in [5.74, 6) is -0.486. The summed E-state index contributed by atoms with van der Waals surface area (Å²) in [5, 5.41) is 0. The first kappa shape index (κ1) is 9.67. The highest BCUT2D eigenvalue weighted by atomic mass is 16.1. The van der Waals surface area contributed by atoms with Gasteiger partial charge in [0.1, 0.15) is 0 Å². The normalized spacial score (nSPS) is 12.5. The Morgan fingerprint density at radius 2 is 2.31 bits per heavy atom. The summed E-state index contributed by atoms with van der Waals surface area (Å²) < 4.78 is 0. The summed E-state index contributed by atoms with van der Waals surface area (Å²) in [7, 11) is 0. The van der Waals surface area contributed by atoms with Gasteiger partial charge in [0, 0.05) is 11.9 Å². The molecule has 0 aromatic carbocycles. The molecule has 0 spiro atoms. The fraction of sp³-hybridized carbons (Fsp3) is 0.333. The van der Waals surface area contributed by atoms with E-state index in [9.17, 15) is 4.79 Å². The van der Waals surface area contributed by atoms with E-state index in [1.165, 1.54) is 0 Å². The van der Waals surface area contributed by atoms with Crippen LogP contribution in [0.5, 0.6) is 0 Å². The van der Waals surface area contributed by atoms with Crippen LogP contribution in [-0.2, 0) is 11.2 Å². The summed E-state index contributed by atoms with van der Waals surface area (Å²) in [6, 6.07) is 3.15. The van der Waals surface area contributed by atoms with Crippen LogP contribution in [-0.4, -0.2) is 16.9 Å². The molecule has 0 aliphatic heterocycles. The molecule has 0 saturated carbocycles. The van der Waals surface area contributed by atoms with Crippen molar-refractivity contribution in [3.05, 3.63) is 29.6 Å². The highest BCUT2D eigenvalue weighted by Crippen LogP contribution is 2.01. The van der Waals surface area contributed by atoms with E-state index in [1.54, 1.807) is 6.20 Å². The average Bonchev–Trinajstić information content (AvgIpc) is 2.08. The van der Waals surface area contributed by atoms with Crippen LogP contribution in [0.15, 0.2) is 18.3 Å². The molecule has 13 heavy (non-hydrogen) atoms. The quantitative estimate of drug-likeness (QED) is 0.671. The molecule has 1 atom stereocenters. The Morgan fingerprint density at radius 3 is 2.77 bits per heavy atom. The van der Waals surface area contributed by atoms with Gasteiger partial charge in [0.15, 0.2) is 0 Å². The number of pyridine rings is 1. The molecule has 0 bridgehead atoms. The zero-order chi connectivity index (χ0) is 9.84. The first-order chi connectivity index (χ1) is 6.09. The molecule has 1 rings (SSSR count). The first-order valence-corrected chi connectivity index (χ1v) is 4.06. The monoisotopic (exact) mass is 179 g/mol. The smallest absolute Gasteiger partial charge is 0.234 e. The number of nitrogens with two attached hydrogens (primary N) is 2. The Hall–Kier alpha value is -1.42. The van der Waals surface area contributed by atoms with Gasteiger partial charge in [-0.05, 0) is 25.0 Å². The average molecular weight is 179 g/mol. The van der Waals surface area contributed by atoms with Gasteiger partial charge in [-0.15, -0.1) is 0 Å². The van der Waals surface area contributed by atoms with Crippen molar-refractivity contribution in [3.63, 3.8) is 0 Å². The molecule has 4 N–H and O–H groups in total. The van der Waals surface area contributed by atoms with Crippen molar-refractivity contribution in [2.45, 2.75) is 19.4 Å². The van der Waals surface area contributed by atoms with E-state index in [4.69, 9.17) is 11.5 Å². The van der Waals surface area contributed by atoms with E-state index >= 15 is 0 Å². The Balaban J connectivity index is 2.64. The molecule has 0 aliphatic rings. The van der Waals surface area contributed by atoms with E-state index in [2.05, 4.69) is 4.98 Å². The number of carbonyl (C=O) groups is 1. The topological polar surface area (TPSA) is 82.0 Å². The van der Waals surface area contributed by atoms with Crippen LogP contribution in [0.25, 0.3) is 0 Å². The summed E-state index contributed by atoms with van der Waals surface area (Å²) in [4.78, 5) is 14.7. The van der Waals surface area contributed by atoms with Crippen LogP contribution < -0.4 is 11.5 Å². The molecular weight excluding hydrogens is 166 g/mol. The number of aromatic nitrogens is 1. The molecule has 4 nitrogen and oxygen atoms in total. The number of nitrogens with zero attached hydrogens (tertiary/aromatic N) is 1. The number of primary amides is 1. The van der Waals surface area contributed by atoms with Gasteiger partial charge in [0.25, 0.3) is 0 Å². The van der Waals surface area contributed by atoms with Gasteiger partial charge >= 0.3 is 0 Å². The maximum absolute atomic E-state index is 10.6. The number of carbonyl (C=O) groups excluding carboxylic acids is 1. The minimum Gasteiger partial charge on any atom is -0.368 e. The molecular formula is C9H13N3O. The number of hydrogen-bond acceptors (Lipinski definition) is 3. The van der Waals surface area contributed by atoms with Crippen molar-refractivity contribution in [2.24, 2.45) is 11.5 Å². The predicted molar refractivity (Wildman–Crippen MR) is 49.8 cm³/mol. The molecule has 1 unspecified atom stereocenters. The summed E-state index contributed by atoms with van der Waals surface area (Å²) in [6.45, 7) is 1.90. The molecule has 70 valence electrons. The maximum atomic E-state index is 10.6. The molecule has 0 radical (unpaired) electrons. The highest BCUT2D eigenvalue weighted by molar-refractivity contribution is 5.79. The molecule has 4 heteroatoms. The van der Waals surface area contributed by atoms with Crippen LogP contribution in [0.2, 0.25) is 0 Å². The van der Waals surface area contributed by atoms with Crippen LogP contribution in [0, 0.1) is 6.92 Å². The molecule has 0 saturated heterocycles. The number of amides is 1. The number of hydrogen-bond donors (Lipinski definition) is 2. The third-order valence-corrected chi connectivity index (χ3v) is 1.79. The minimum atomic E-state index is -0.621. The van der Waals surface area contributed by atoms with Crippen LogP contribution >= 0.6 is 0 Å². The van der Waals surface area contributed by atoms with E-state index in [1.807, 2.05) is 19.1 Å². The van der Waals surface area contributed by atoms with Crippen molar-refractivity contribution >= 4 is 5.91 Å². The van der Waals surface area contributed by atoms with Crippen molar-refractivity contribution in [3.8, 4) is 0 Å². The lowest BCUT2D eigenvalue weighted by atomic mass is 10.1. The molecule has 1 amide bonds. The Kier molecular flexibility index (Phi) is 2.97. The summed E-state index contributed by atoms with van der Waals surface area (Å²) >= 11 is 0. The molecule has 1 aromatic heterocycles. The Bertz CT molecular complexity index is 294. The third-order valence-electron chi connectivity index (χ3n) is 1.79. The van der Waals surface area contributed by atoms with Crippen molar-refractivity contribution in [2.75, 3.05) is 0 Å². The van der Waals surface area contributed by atoms with Gasteiger partial charge in [0.05, 0.1) is 6.04 Å². The third kappa shape index (κ3) is 2.83. The first-order valence-electron chi connectivity index (χ1n) is 4.06. The summed E-state index contributed by atoms with van der Waals surface area (Å²) in [5.41, 5.74) is 12.4. The molecule has 1 aromatic rings. The second kappa shape index (κ2) is 4.00. The van der Waals surface area contributed by atoms with Crippen LogP contribution in [0.4, 0.5) is 0 Å². The van der Waals surface area contributed by atoms with Gasteiger partial charge in [0.2, 0.25) is 5.91 Å². The SMILES string of the molecule is Cc1ccc(CC(N)C(N)=O)cn1. The zero-order valence-electron chi connectivity index (χ0n) is 7.53. The van der Waals surface area contributed by atoms with Gasteiger partial charge in [-0.1, -0.05) is 6.07 Å². The second-order valence-electron chi connectivity index (χ2n) is 3.02. The fourth-order valence-electron chi connectivity index (χ4n) is 0.974. The van der Waals surface area contributed by atoms with E-state index in [0.29, 0.717) is 6.42 Å². The largest absolute Gasteiger partial charge is 0.368 e. The van der Waals surface area contributed by atoms with Gasteiger partial charge in [-0.25, -0.2) is 0 Å². The number of rotatable bonds is 3. The van der Waals surface area contributed by atoms with E-state index in [-0.39, 0.29) is 0 Å². The molecule has 0 aliphatic carbocycles. The van der Waals surface area contributed by atoms with Crippen LogP contribution in [0.3, 0.4) is 0 Å². The van der Waals surface area contributed by atoms with E-state index in [0.717, 1.165) is 11.3 Å². The van der Waals surface area contributed by atoms with Crippen molar-refractivity contribution < 1.29 is 4.79 Å². The van der Waals surface area contributed by atoms with Crippen LogP contribution in [0.1, 0.15) is 11.3 Å². The Morgan fingerprint density at radius 1 is 1.62 bits per heavy atom. The highest BCUT2D eigenvalue weighted by Gasteiger charge is 2.09. The zero-order valence-corrected chi connectivity index (χ0v) is 7.53. The van der Waals surface area contributed by atoms with E-state index < -0.39 is 11.9 Å². The lowest BCUT2D eigenvalue weighted by Crippen LogP contribution is -2.38. The fourth-order valence-corrected chi connectivity index (χ4v) is 0.974. The maximum Gasteiger partial charge on any atom is 0.234 e. The molecule has 0 fully saturated rings. The lowest BCUT2D eigenvalue weighted by Gasteiger charge is -2.06. The van der Waals surface area contributed by atoms with Gasteiger partial charge in [-0.2, -0.15) is 0 Å². The predicted octanol–water partition coefficient (Wildman–Crippen LogP) is -0.255. The van der Waals surface area contributed by atoms with Crippen molar-refractivity contribution in [1.29, 1.82) is 0 Å². The summed E-state index contributed by atoms with van der Waals surface area (Å²) in [6.07, 6.45) is 2.15. The standard InChI is InChI=1S/C9H13N3O/c1-6-2-3-7(5-12-6)4-8(10)9(11)13/h2-3,5,8H,4,10H2,1H3,(H2,11,13). The van der Waals surface area contributed by atoms with Gasteiger partial charge < -0.3 is 11.5 Å². The van der Waals surface area contributed by atoms with Crippen molar-refractivity contribution in [1.82, 2.24) is 4.98 Å². The lowest BCUT2D eigenvalue weighted by molar-refractivity contribution is -0.119. The second-order valence-corrected chi connectivity index (χ2v) is 3.02. The Labute approximate surface area is 77.0 Å².